The van der Waals surface area contributed by atoms with Gasteiger partial charge in [-0.25, -0.2) is 8.57 Å². The number of hydrogen-bond donors (Lipinski definition) is 0. The molecule has 88 valence electrons. The second-order valence-corrected chi connectivity index (χ2v) is 8.43. The van der Waals surface area contributed by atoms with Crippen molar-refractivity contribution < 1.29 is 4.21 Å². The van der Waals surface area contributed by atoms with E-state index in [0.29, 0.717) is 11.5 Å². The molecule has 0 aromatic carbocycles. The van der Waals surface area contributed by atoms with Crippen molar-refractivity contribution in [2.45, 2.75) is 34.6 Å². The van der Waals surface area contributed by atoms with E-state index in [4.69, 9.17) is 0 Å². The highest BCUT2D eigenvalue weighted by molar-refractivity contribution is 7.93. The van der Waals surface area contributed by atoms with Crippen molar-refractivity contribution in [2.24, 2.45) is 15.2 Å². The third-order valence-electron chi connectivity index (χ3n) is 3.19. The van der Waals surface area contributed by atoms with Gasteiger partial charge in [-0.15, -0.1) is 0 Å². The monoisotopic (exact) mass is 229 g/mol. The molecule has 0 fully saturated rings. The van der Waals surface area contributed by atoms with E-state index in [2.05, 4.69) is 45.1 Å². The molecular formula is C12H23NOS. The Morgan fingerprint density at radius 3 is 2.27 bits per heavy atom. The summed E-state index contributed by atoms with van der Waals surface area (Å²) >= 11 is 0. The maximum Gasteiger partial charge on any atom is 0.0481 e. The average Bonchev–Trinajstić information content (AvgIpc) is 2.05. The first-order valence-corrected chi connectivity index (χ1v) is 7.26. The van der Waals surface area contributed by atoms with E-state index in [9.17, 15) is 4.21 Å². The highest BCUT2D eigenvalue weighted by Gasteiger charge is 2.34. The van der Waals surface area contributed by atoms with Crippen molar-refractivity contribution in [3.63, 3.8) is 0 Å². The van der Waals surface area contributed by atoms with Gasteiger partial charge in [0.1, 0.15) is 0 Å². The molecule has 2 nitrogen and oxygen atoms in total. The quantitative estimate of drug-likeness (QED) is 0.587. The molecule has 0 saturated carbocycles. The first-order valence-electron chi connectivity index (χ1n) is 5.41. The summed E-state index contributed by atoms with van der Waals surface area (Å²) in [6, 6.07) is 0. The standard InChI is InChI=1S/C12H23NOS/c1-10-7-11(2,3)8-15(14,13-6)9-12(10,4)5/h7H,8-9H2,1-6H3. The summed E-state index contributed by atoms with van der Waals surface area (Å²) in [6.45, 7) is 10.7. The summed E-state index contributed by atoms with van der Waals surface area (Å²) in [5, 5.41) is 0. The van der Waals surface area contributed by atoms with Crippen LogP contribution in [-0.2, 0) is 9.73 Å². The second kappa shape index (κ2) is 3.62. The van der Waals surface area contributed by atoms with Crippen LogP contribution in [0, 0.1) is 10.8 Å². The highest BCUT2D eigenvalue weighted by atomic mass is 32.2. The Morgan fingerprint density at radius 2 is 1.80 bits per heavy atom. The van der Waals surface area contributed by atoms with Gasteiger partial charge in [0.15, 0.2) is 0 Å². The van der Waals surface area contributed by atoms with Crippen molar-refractivity contribution in [2.75, 3.05) is 18.6 Å². The van der Waals surface area contributed by atoms with Crippen LogP contribution in [0.4, 0.5) is 0 Å². The van der Waals surface area contributed by atoms with Crippen LogP contribution in [0.15, 0.2) is 16.0 Å². The predicted molar refractivity (Wildman–Crippen MR) is 67.5 cm³/mol. The molecule has 0 N–H and O–H groups in total. The molecule has 0 amide bonds. The highest BCUT2D eigenvalue weighted by Crippen LogP contribution is 2.37. The normalized spacial score (nSPS) is 34.1. The van der Waals surface area contributed by atoms with Gasteiger partial charge in [-0.1, -0.05) is 39.3 Å². The third kappa shape index (κ3) is 2.83. The van der Waals surface area contributed by atoms with Gasteiger partial charge in [0.05, 0.1) is 0 Å². The minimum atomic E-state index is -2.04. The molecule has 1 unspecified atom stereocenters. The van der Waals surface area contributed by atoms with E-state index in [0.717, 1.165) is 0 Å². The van der Waals surface area contributed by atoms with Crippen LogP contribution < -0.4 is 0 Å². The molecule has 1 atom stereocenters. The fraction of sp³-hybridized carbons (Fsp3) is 0.833. The van der Waals surface area contributed by atoms with Gasteiger partial charge in [-0.2, -0.15) is 0 Å². The molecule has 0 bridgehead atoms. The Labute approximate surface area is 94.3 Å². The molecule has 1 rings (SSSR count). The Balaban J connectivity index is 3.31. The molecular weight excluding hydrogens is 206 g/mol. The van der Waals surface area contributed by atoms with Crippen LogP contribution in [0.3, 0.4) is 0 Å². The molecule has 15 heavy (non-hydrogen) atoms. The van der Waals surface area contributed by atoms with Gasteiger partial charge in [-0.3, -0.25) is 0 Å². The van der Waals surface area contributed by atoms with Crippen molar-refractivity contribution in [3.8, 4) is 0 Å². The minimum absolute atomic E-state index is 0.00433. The SMILES string of the molecule is CN=S1(=O)CC(C)(C)C=C(C)C(C)(C)C1. The smallest absolute Gasteiger partial charge is 0.0481 e. The molecule has 0 aromatic heterocycles. The van der Waals surface area contributed by atoms with Gasteiger partial charge in [0.2, 0.25) is 0 Å². The summed E-state index contributed by atoms with van der Waals surface area (Å²) in [5.41, 5.74) is 1.33. The molecule has 0 spiro atoms. The van der Waals surface area contributed by atoms with Gasteiger partial charge < -0.3 is 0 Å². The van der Waals surface area contributed by atoms with E-state index in [1.807, 2.05) is 0 Å². The first kappa shape index (κ1) is 12.8. The molecule has 0 aromatic rings. The average molecular weight is 229 g/mol. The lowest BCUT2D eigenvalue weighted by Crippen LogP contribution is -2.27. The molecule has 1 heterocycles. The summed E-state index contributed by atoms with van der Waals surface area (Å²) in [5.74, 6) is 1.36. The van der Waals surface area contributed by atoms with Gasteiger partial charge in [0, 0.05) is 28.3 Å². The zero-order valence-corrected chi connectivity index (χ0v) is 11.6. The number of hydrogen-bond acceptors (Lipinski definition) is 2. The van der Waals surface area contributed by atoms with Crippen LogP contribution in [-0.4, -0.2) is 22.8 Å². The summed E-state index contributed by atoms with van der Waals surface area (Å²) in [7, 11) is -0.350. The summed E-state index contributed by atoms with van der Waals surface area (Å²) < 4.78 is 16.7. The topological polar surface area (TPSA) is 29.4 Å². The lowest BCUT2D eigenvalue weighted by atomic mass is 9.82. The van der Waals surface area contributed by atoms with Crippen LogP contribution in [0.5, 0.6) is 0 Å². The van der Waals surface area contributed by atoms with E-state index in [1.165, 1.54) is 5.57 Å². The molecule has 1 aliphatic heterocycles. The van der Waals surface area contributed by atoms with E-state index in [1.54, 1.807) is 7.05 Å². The van der Waals surface area contributed by atoms with E-state index in [-0.39, 0.29) is 10.8 Å². The Bertz CT molecular complexity index is 396. The first-order chi connectivity index (χ1) is 6.60. The van der Waals surface area contributed by atoms with E-state index >= 15 is 0 Å². The van der Waals surface area contributed by atoms with Crippen molar-refractivity contribution in [3.05, 3.63) is 11.6 Å². The molecule has 0 saturated heterocycles. The summed E-state index contributed by atoms with van der Waals surface area (Å²) in [4.78, 5) is 0. The Hall–Kier alpha value is -0.310. The third-order valence-corrected chi connectivity index (χ3v) is 6.22. The molecule has 1 aliphatic rings. The lowest BCUT2D eigenvalue weighted by Gasteiger charge is -2.25. The fourth-order valence-corrected chi connectivity index (χ4v) is 5.22. The maximum absolute atomic E-state index is 12.6. The summed E-state index contributed by atoms with van der Waals surface area (Å²) in [6.07, 6.45) is 2.27. The fourth-order valence-electron chi connectivity index (χ4n) is 2.26. The number of rotatable bonds is 0. The van der Waals surface area contributed by atoms with Gasteiger partial charge >= 0.3 is 0 Å². The number of allylic oxidation sites excluding steroid dienone is 2. The van der Waals surface area contributed by atoms with Crippen LogP contribution in [0.25, 0.3) is 0 Å². The Morgan fingerprint density at radius 1 is 1.27 bits per heavy atom. The van der Waals surface area contributed by atoms with Gasteiger partial charge in [0.25, 0.3) is 0 Å². The molecule has 0 aliphatic carbocycles. The van der Waals surface area contributed by atoms with Crippen LogP contribution in [0.2, 0.25) is 0 Å². The molecule has 0 radical (unpaired) electrons. The van der Waals surface area contributed by atoms with Crippen LogP contribution >= 0.6 is 0 Å². The van der Waals surface area contributed by atoms with Crippen LogP contribution in [0.1, 0.15) is 34.6 Å². The largest absolute Gasteiger partial charge is 0.250 e. The van der Waals surface area contributed by atoms with Crippen molar-refractivity contribution >= 4 is 9.73 Å². The zero-order chi connectivity index (χ0) is 11.9. The molecule has 3 heteroatoms. The second-order valence-electron chi connectivity index (χ2n) is 5.94. The predicted octanol–water partition coefficient (Wildman–Crippen LogP) is 3.10. The van der Waals surface area contributed by atoms with Crippen molar-refractivity contribution in [1.29, 1.82) is 0 Å². The van der Waals surface area contributed by atoms with E-state index < -0.39 is 9.73 Å². The minimum Gasteiger partial charge on any atom is -0.250 e. The Kier molecular flexibility index (Phi) is 3.08. The number of nitrogens with zero attached hydrogens (tertiary/aromatic N) is 1. The maximum atomic E-state index is 12.6. The van der Waals surface area contributed by atoms with Crippen molar-refractivity contribution in [1.82, 2.24) is 0 Å². The lowest BCUT2D eigenvalue weighted by molar-refractivity contribution is 0.496. The van der Waals surface area contributed by atoms with Gasteiger partial charge in [-0.05, 0) is 17.8 Å². The zero-order valence-electron chi connectivity index (χ0n) is 10.8.